The zero-order valence-electron chi connectivity index (χ0n) is 24.9. The Hall–Kier alpha value is -4.45. The molecule has 0 aliphatic heterocycles. The maximum Gasteiger partial charge on any atom is 0.261 e. The number of carbonyl (C=O) groups excluding carboxylic acids is 1. The summed E-state index contributed by atoms with van der Waals surface area (Å²) in [7, 11) is 3.95. The van der Waals surface area contributed by atoms with Crippen molar-refractivity contribution in [3.63, 3.8) is 0 Å². The Morgan fingerprint density at radius 1 is 1.00 bits per heavy atom. The van der Waals surface area contributed by atoms with E-state index < -0.39 is 23.1 Å². The Morgan fingerprint density at radius 2 is 1.78 bits per heavy atom. The van der Waals surface area contributed by atoms with E-state index in [0.717, 1.165) is 41.4 Å². The second-order valence-electron chi connectivity index (χ2n) is 10.4. The van der Waals surface area contributed by atoms with Crippen molar-refractivity contribution in [3.8, 4) is 27.6 Å². The van der Waals surface area contributed by atoms with Gasteiger partial charge in [-0.2, -0.15) is 0 Å². The van der Waals surface area contributed by atoms with Gasteiger partial charge in [-0.05, 0) is 75.5 Å². The van der Waals surface area contributed by atoms with Crippen LogP contribution in [0, 0.1) is 11.6 Å². The molecule has 3 aromatic carbocycles. The number of halogens is 3. The van der Waals surface area contributed by atoms with Crippen LogP contribution in [0.15, 0.2) is 72.9 Å². The lowest BCUT2D eigenvalue weighted by atomic mass is 10.1. The van der Waals surface area contributed by atoms with Crippen LogP contribution in [0.3, 0.4) is 0 Å². The number of anilines is 3. The zero-order valence-corrected chi connectivity index (χ0v) is 26.5. The molecule has 0 bridgehead atoms. The van der Waals surface area contributed by atoms with Crippen LogP contribution < -0.4 is 15.4 Å². The number of nitrogens with zero attached hydrogens (tertiary/aromatic N) is 4. The summed E-state index contributed by atoms with van der Waals surface area (Å²) in [6.45, 7) is 3.36. The van der Waals surface area contributed by atoms with Gasteiger partial charge in [-0.25, -0.2) is 23.7 Å². The SMILES string of the molecule is CCCc1nc(-c2cccc(NC(=O)c3c(F)cccc3F)c2)c(-c2ccnc(Nc3ccc(OCCN(C)C)c(Cl)c3)n2)s1. The molecule has 0 aliphatic carbocycles. The summed E-state index contributed by atoms with van der Waals surface area (Å²) in [5.41, 5.74) is 2.45. The monoisotopic (exact) mass is 648 g/mol. The van der Waals surface area contributed by atoms with Gasteiger partial charge in [0.1, 0.15) is 29.6 Å². The highest BCUT2D eigenvalue weighted by Gasteiger charge is 2.20. The van der Waals surface area contributed by atoms with E-state index in [9.17, 15) is 13.6 Å². The molecular formula is C33H31ClF2N6O2S. The number of nitrogens with one attached hydrogen (secondary N) is 2. The Kier molecular flexibility index (Phi) is 10.3. The van der Waals surface area contributed by atoms with E-state index in [4.69, 9.17) is 26.3 Å². The molecule has 45 heavy (non-hydrogen) atoms. The molecule has 0 atom stereocenters. The number of rotatable bonds is 12. The lowest BCUT2D eigenvalue weighted by Crippen LogP contribution is -2.19. The van der Waals surface area contributed by atoms with Gasteiger partial charge < -0.3 is 20.3 Å². The number of aromatic nitrogens is 3. The number of benzene rings is 3. The minimum atomic E-state index is -0.936. The fourth-order valence-corrected chi connectivity index (χ4v) is 5.81. The molecule has 0 spiro atoms. The van der Waals surface area contributed by atoms with Crippen LogP contribution in [-0.2, 0) is 6.42 Å². The van der Waals surface area contributed by atoms with Crippen molar-refractivity contribution in [3.05, 3.63) is 100 Å². The second kappa shape index (κ2) is 14.6. The van der Waals surface area contributed by atoms with Crippen molar-refractivity contribution >= 4 is 46.2 Å². The van der Waals surface area contributed by atoms with Gasteiger partial charge in [0, 0.05) is 29.7 Å². The first kappa shape index (κ1) is 32.0. The molecule has 12 heteroatoms. The molecule has 0 saturated carbocycles. The van der Waals surface area contributed by atoms with Gasteiger partial charge in [0.05, 0.1) is 26.3 Å². The largest absolute Gasteiger partial charge is 0.491 e. The molecule has 5 aromatic rings. The minimum Gasteiger partial charge on any atom is -0.491 e. The quantitative estimate of drug-likeness (QED) is 0.141. The Bertz CT molecular complexity index is 1800. The average Bonchev–Trinajstić information content (AvgIpc) is 3.43. The number of hydrogen-bond acceptors (Lipinski definition) is 8. The highest BCUT2D eigenvalue weighted by atomic mass is 35.5. The standard InChI is InChI=1S/C33H31ClF2N6O2S/c1-4-7-28-41-30(20-8-5-9-21(18-20)38-32(43)29-24(35)10-6-11-25(29)36)31(45-28)26-14-15-37-33(40-26)39-22-12-13-27(23(34)19-22)44-17-16-42(2)3/h5-6,8-15,18-19H,4,7,16-17H2,1-3H3,(H,38,43)(H,37,39,40). The van der Waals surface area contributed by atoms with Gasteiger partial charge in [-0.1, -0.05) is 36.7 Å². The molecule has 0 radical (unpaired) electrons. The Labute approximate surface area is 269 Å². The number of likely N-dealkylation sites (N-methyl/N-ethyl adjacent to an activating group) is 1. The molecule has 8 nitrogen and oxygen atoms in total. The van der Waals surface area contributed by atoms with Crippen molar-refractivity contribution in [2.45, 2.75) is 19.8 Å². The van der Waals surface area contributed by atoms with E-state index in [0.29, 0.717) is 51.7 Å². The fraction of sp³-hybridized carbons (Fsp3) is 0.212. The molecule has 0 aliphatic rings. The normalized spacial score (nSPS) is 11.1. The van der Waals surface area contributed by atoms with E-state index in [1.165, 1.54) is 17.4 Å². The zero-order chi connectivity index (χ0) is 31.9. The van der Waals surface area contributed by atoms with Gasteiger partial charge >= 0.3 is 0 Å². The molecule has 2 heterocycles. The lowest BCUT2D eigenvalue weighted by Gasteiger charge is -2.13. The molecule has 5 rings (SSSR count). The van der Waals surface area contributed by atoms with Gasteiger partial charge in [-0.3, -0.25) is 4.79 Å². The summed E-state index contributed by atoms with van der Waals surface area (Å²) < 4.78 is 34.2. The van der Waals surface area contributed by atoms with Crippen molar-refractivity contribution in [1.82, 2.24) is 19.9 Å². The number of carbonyl (C=O) groups is 1. The highest BCUT2D eigenvalue weighted by Crippen LogP contribution is 2.38. The van der Waals surface area contributed by atoms with Crippen LogP contribution >= 0.6 is 22.9 Å². The van der Waals surface area contributed by atoms with E-state index in [1.807, 2.05) is 31.1 Å². The van der Waals surface area contributed by atoms with Crippen LogP contribution in [0.4, 0.5) is 26.1 Å². The topological polar surface area (TPSA) is 92.3 Å². The number of aryl methyl sites for hydroxylation is 1. The smallest absolute Gasteiger partial charge is 0.261 e. The summed E-state index contributed by atoms with van der Waals surface area (Å²) in [4.78, 5) is 29.6. The molecular weight excluding hydrogens is 618 g/mol. The maximum atomic E-state index is 14.2. The third kappa shape index (κ3) is 7.99. The van der Waals surface area contributed by atoms with Gasteiger partial charge in [0.15, 0.2) is 0 Å². The summed E-state index contributed by atoms with van der Waals surface area (Å²) >= 11 is 7.99. The fourth-order valence-electron chi connectivity index (χ4n) is 4.42. The van der Waals surface area contributed by atoms with Crippen LogP contribution in [0.1, 0.15) is 28.7 Å². The highest BCUT2D eigenvalue weighted by molar-refractivity contribution is 7.15. The average molecular weight is 649 g/mol. The third-order valence-corrected chi connectivity index (χ3v) is 8.02. The van der Waals surface area contributed by atoms with Gasteiger partial charge in [-0.15, -0.1) is 11.3 Å². The van der Waals surface area contributed by atoms with E-state index >= 15 is 0 Å². The summed E-state index contributed by atoms with van der Waals surface area (Å²) in [6, 6.07) is 17.5. The Balaban J connectivity index is 1.40. The van der Waals surface area contributed by atoms with E-state index in [1.54, 1.807) is 42.6 Å². The van der Waals surface area contributed by atoms with Crippen LogP contribution in [0.25, 0.3) is 21.8 Å². The van der Waals surface area contributed by atoms with Crippen LogP contribution in [0.5, 0.6) is 5.75 Å². The molecule has 0 fully saturated rings. The lowest BCUT2D eigenvalue weighted by molar-refractivity contribution is 0.101. The molecule has 2 aromatic heterocycles. The second-order valence-corrected chi connectivity index (χ2v) is 11.8. The summed E-state index contributed by atoms with van der Waals surface area (Å²) in [5, 5.41) is 7.20. The predicted molar refractivity (Wildman–Crippen MR) is 176 cm³/mol. The molecule has 232 valence electrons. The molecule has 0 unspecified atom stereocenters. The maximum absolute atomic E-state index is 14.2. The molecule has 0 saturated heterocycles. The van der Waals surface area contributed by atoms with Crippen molar-refractivity contribution in [2.24, 2.45) is 0 Å². The first-order valence-electron chi connectivity index (χ1n) is 14.2. The molecule has 1 amide bonds. The van der Waals surface area contributed by atoms with Crippen molar-refractivity contribution < 1.29 is 18.3 Å². The van der Waals surface area contributed by atoms with Gasteiger partial charge in [0.2, 0.25) is 5.95 Å². The van der Waals surface area contributed by atoms with Crippen molar-refractivity contribution in [2.75, 3.05) is 37.9 Å². The van der Waals surface area contributed by atoms with Crippen LogP contribution in [-0.4, -0.2) is 53.0 Å². The third-order valence-electron chi connectivity index (χ3n) is 6.59. The minimum absolute atomic E-state index is 0.368. The number of thiazole rings is 1. The van der Waals surface area contributed by atoms with Gasteiger partial charge in [0.25, 0.3) is 5.91 Å². The van der Waals surface area contributed by atoms with E-state index in [2.05, 4.69) is 22.5 Å². The number of hydrogen-bond donors (Lipinski definition) is 2. The van der Waals surface area contributed by atoms with Crippen molar-refractivity contribution in [1.29, 1.82) is 0 Å². The molecule has 2 N–H and O–H groups in total. The Morgan fingerprint density at radius 3 is 2.51 bits per heavy atom. The number of amides is 1. The predicted octanol–water partition coefficient (Wildman–Crippen LogP) is 8.09. The summed E-state index contributed by atoms with van der Waals surface area (Å²) in [6.07, 6.45) is 3.34. The summed E-state index contributed by atoms with van der Waals surface area (Å²) in [5.74, 6) is -1.79. The number of ether oxygens (including phenoxy) is 1. The first-order valence-corrected chi connectivity index (χ1v) is 15.4. The first-order chi connectivity index (χ1) is 21.7. The van der Waals surface area contributed by atoms with Crippen LogP contribution in [0.2, 0.25) is 5.02 Å². The van der Waals surface area contributed by atoms with E-state index in [-0.39, 0.29) is 0 Å².